The zero-order chi connectivity index (χ0) is 11.4. The highest BCUT2D eigenvalue weighted by molar-refractivity contribution is 5.40. The van der Waals surface area contributed by atoms with Gasteiger partial charge in [0.05, 0.1) is 5.69 Å². The normalized spacial score (nSPS) is 10.1. The molecule has 0 aliphatic heterocycles. The highest BCUT2D eigenvalue weighted by Gasteiger charge is 1.99. The summed E-state index contributed by atoms with van der Waals surface area (Å²) in [6.45, 7) is 2.36. The first-order valence-electron chi connectivity index (χ1n) is 5.14. The Morgan fingerprint density at radius 2 is 2.19 bits per heavy atom. The van der Waals surface area contributed by atoms with E-state index in [0.717, 1.165) is 11.3 Å². The lowest BCUT2D eigenvalue weighted by Crippen LogP contribution is -2.00. The van der Waals surface area contributed by atoms with Crippen LogP contribution in [-0.4, -0.2) is 4.98 Å². The van der Waals surface area contributed by atoms with E-state index in [1.165, 1.54) is 0 Å². The van der Waals surface area contributed by atoms with Gasteiger partial charge in [-0.3, -0.25) is 4.98 Å². The van der Waals surface area contributed by atoms with Gasteiger partial charge in [0, 0.05) is 18.9 Å². The van der Waals surface area contributed by atoms with Gasteiger partial charge in [-0.25, -0.2) is 4.39 Å². The smallest absolute Gasteiger partial charge is 0.126 e. The van der Waals surface area contributed by atoms with Gasteiger partial charge in [-0.15, -0.1) is 0 Å². The number of nitrogens with zero attached hydrogens (tertiary/aromatic N) is 1. The maximum absolute atomic E-state index is 13.3. The fraction of sp³-hybridized carbons (Fsp3) is 0.154. The van der Waals surface area contributed by atoms with Crippen LogP contribution in [0.2, 0.25) is 0 Å². The number of rotatable bonds is 3. The molecule has 0 amide bonds. The summed E-state index contributed by atoms with van der Waals surface area (Å²) in [5.74, 6) is -0.162. The van der Waals surface area contributed by atoms with Crippen LogP contribution in [-0.2, 0) is 6.54 Å². The van der Waals surface area contributed by atoms with Crippen molar-refractivity contribution in [2.75, 3.05) is 5.32 Å². The molecule has 0 spiro atoms. The van der Waals surface area contributed by atoms with Gasteiger partial charge in [-0.2, -0.15) is 0 Å². The lowest BCUT2D eigenvalue weighted by Gasteiger charge is -2.06. The van der Waals surface area contributed by atoms with Gasteiger partial charge in [-0.05, 0) is 36.2 Å². The predicted molar refractivity (Wildman–Crippen MR) is 62.7 cm³/mol. The van der Waals surface area contributed by atoms with Crippen LogP contribution >= 0.6 is 0 Å². The van der Waals surface area contributed by atoms with Crippen molar-refractivity contribution in [2.45, 2.75) is 13.5 Å². The molecule has 0 fully saturated rings. The Kier molecular flexibility index (Phi) is 3.15. The van der Waals surface area contributed by atoms with Crippen LogP contribution < -0.4 is 5.32 Å². The van der Waals surface area contributed by atoms with Gasteiger partial charge < -0.3 is 5.32 Å². The van der Waals surface area contributed by atoms with E-state index >= 15 is 0 Å². The second-order valence-electron chi connectivity index (χ2n) is 3.68. The molecule has 2 aromatic rings. The van der Waals surface area contributed by atoms with Crippen molar-refractivity contribution < 1.29 is 4.39 Å². The first kappa shape index (κ1) is 10.6. The average molecular weight is 216 g/mol. The zero-order valence-corrected chi connectivity index (χ0v) is 9.07. The number of hydrogen-bond acceptors (Lipinski definition) is 2. The van der Waals surface area contributed by atoms with Crippen LogP contribution in [0, 0.1) is 12.7 Å². The Balaban J connectivity index is 2.03. The summed E-state index contributed by atoms with van der Waals surface area (Å²) in [4.78, 5) is 3.99. The molecule has 82 valence electrons. The van der Waals surface area contributed by atoms with Crippen molar-refractivity contribution in [3.63, 3.8) is 0 Å². The molecule has 2 rings (SSSR count). The van der Waals surface area contributed by atoms with Crippen molar-refractivity contribution >= 4 is 5.69 Å². The van der Waals surface area contributed by atoms with E-state index in [4.69, 9.17) is 0 Å². The van der Waals surface area contributed by atoms with E-state index < -0.39 is 0 Å². The molecule has 0 unspecified atom stereocenters. The first-order chi connectivity index (χ1) is 7.75. The predicted octanol–water partition coefficient (Wildman–Crippen LogP) is 3.14. The van der Waals surface area contributed by atoms with Gasteiger partial charge >= 0.3 is 0 Å². The topological polar surface area (TPSA) is 24.9 Å². The van der Waals surface area contributed by atoms with Crippen molar-refractivity contribution in [3.05, 3.63) is 59.7 Å². The number of pyridine rings is 1. The van der Waals surface area contributed by atoms with Crippen LogP contribution in [0.15, 0.2) is 42.7 Å². The summed E-state index contributed by atoms with van der Waals surface area (Å²) in [6.07, 6.45) is 3.46. The molecular weight excluding hydrogens is 203 g/mol. The average Bonchev–Trinajstić information content (AvgIpc) is 2.32. The molecule has 0 aliphatic carbocycles. The van der Waals surface area contributed by atoms with E-state index in [2.05, 4.69) is 10.3 Å². The minimum absolute atomic E-state index is 0.162. The van der Waals surface area contributed by atoms with Crippen LogP contribution in [0.25, 0.3) is 0 Å². The van der Waals surface area contributed by atoms with Crippen molar-refractivity contribution in [1.82, 2.24) is 4.98 Å². The van der Waals surface area contributed by atoms with Crippen LogP contribution in [0.5, 0.6) is 0 Å². The minimum Gasteiger partial charge on any atom is -0.380 e. The van der Waals surface area contributed by atoms with Crippen molar-refractivity contribution in [2.24, 2.45) is 0 Å². The lowest BCUT2D eigenvalue weighted by atomic mass is 10.1. The second-order valence-corrected chi connectivity index (χ2v) is 3.68. The Morgan fingerprint density at radius 1 is 1.31 bits per heavy atom. The monoisotopic (exact) mass is 216 g/mol. The SMILES string of the molecule is Cc1ccc(CNc2cccnc2)cc1F. The summed E-state index contributed by atoms with van der Waals surface area (Å²) >= 11 is 0. The first-order valence-corrected chi connectivity index (χ1v) is 5.14. The molecule has 16 heavy (non-hydrogen) atoms. The Hall–Kier alpha value is -1.90. The molecule has 0 atom stereocenters. The number of hydrogen-bond donors (Lipinski definition) is 1. The molecule has 1 aromatic heterocycles. The number of benzene rings is 1. The number of nitrogens with one attached hydrogen (secondary N) is 1. The van der Waals surface area contributed by atoms with Crippen LogP contribution in [0.3, 0.4) is 0 Å². The number of halogens is 1. The van der Waals surface area contributed by atoms with E-state index in [-0.39, 0.29) is 5.82 Å². The molecule has 1 heterocycles. The molecule has 1 aromatic carbocycles. The van der Waals surface area contributed by atoms with Crippen molar-refractivity contribution in [3.8, 4) is 0 Å². The summed E-state index contributed by atoms with van der Waals surface area (Å²) < 4.78 is 13.3. The van der Waals surface area contributed by atoms with E-state index in [0.29, 0.717) is 12.1 Å². The Labute approximate surface area is 94.2 Å². The summed E-state index contributed by atoms with van der Waals surface area (Å²) in [7, 11) is 0. The van der Waals surface area contributed by atoms with E-state index in [1.807, 2.05) is 18.2 Å². The maximum atomic E-state index is 13.3. The number of anilines is 1. The van der Waals surface area contributed by atoms with E-state index in [9.17, 15) is 4.39 Å². The van der Waals surface area contributed by atoms with Crippen molar-refractivity contribution in [1.29, 1.82) is 0 Å². The quantitative estimate of drug-likeness (QED) is 0.852. The Morgan fingerprint density at radius 3 is 2.88 bits per heavy atom. The number of aryl methyl sites for hydroxylation is 1. The molecule has 0 saturated heterocycles. The molecule has 3 heteroatoms. The summed E-state index contributed by atoms with van der Waals surface area (Å²) in [5.41, 5.74) is 2.53. The lowest BCUT2D eigenvalue weighted by molar-refractivity contribution is 0.616. The highest BCUT2D eigenvalue weighted by atomic mass is 19.1. The Bertz CT molecular complexity index is 469. The molecule has 0 aliphatic rings. The van der Waals surface area contributed by atoms with E-state index in [1.54, 1.807) is 31.5 Å². The summed E-state index contributed by atoms with van der Waals surface area (Å²) in [5, 5.41) is 3.18. The largest absolute Gasteiger partial charge is 0.380 e. The summed E-state index contributed by atoms with van der Waals surface area (Å²) in [6, 6.07) is 9.05. The van der Waals surface area contributed by atoms with Gasteiger partial charge in [0.1, 0.15) is 5.82 Å². The van der Waals surface area contributed by atoms with Crippen LogP contribution in [0.1, 0.15) is 11.1 Å². The zero-order valence-electron chi connectivity index (χ0n) is 9.07. The second kappa shape index (κ2) is 4.75. The van der Waals surface area contributed by atoms with Gasteiger partial charge in [0.25, 0.3) is 0 Å². The minimum atomic E-state index is -0.162. The highest BCUT2D eigenvalue weighted by Crippen LogP contribution is 2.11. The third-order valence-corrected chi connectivity index (χ3v) is 2.39. The third kappa shape index (κ3) is 2.57. The standard InChI is InChI=1S/C13H13FN2/c1-10-4-5-11(7-13(10)14)8-16-12-3-2-6-15-9-12/h2-7,9,16H,8H2,1H3. The third-order valence-electron chi connectivity index (χ3n) is 2.39. The fourth-order valence-electron chi connectivity index (χ4n) is 1.42. The van der Waals surface area contributed by atoms with Gasteiger partial charge in [-0.1, -0.05) is 12.1 Å². The molecule has 1 N–H and O–H groups in total. The molecule has 2 nitrogen and oxygen atoms in total. The molecule has 0 saturated carbocycles. The number of aromatic nitrogens is 1. The molecule has 0 radical (unpaired) electrons. The van der Waals surface area contributed by atoms with Crippen LogP contribution in [0.4, 0.5) is 10.1 Å². The fourth-order valence-corrected chi connectivity index (χ4v) is 1.42. The molecule has 0 bridgehead atoms. The molecular formula is C13H13FN2. The van der Waals surface area contributed by atoms with Gasteiger partial charge in [0.2, 0.25) is 0 Å². The maximum Gasteiger partial charge on any atom is 0.126 e. The van der Waals surface area contributed by atoms with Gasteiger partial charge in [0.15, 0.2) is 0 Å².